The maximum Gasteiger partial charge on any atom is 0.147 e. The molecule has 0 amide bonds. The summed E-state index contributed by atoms with van der Waals surface area (Å²) < 4.78 is 11.0. The van der Waals surface area contributed by atoms with E-state index < -0.39 is 0 Å². The van der Waals surface area contributed by atoms with Crippen molar-refractivity contribution >= 4 is 15.9 Å². The number of halogens is 1. The van der Waals surface area contributed by atoms with Gasteiger partial charge < -0.3 is 9.47 Å². The van der Waals surface area contributed by atoms with Crippen molar-refractivity contribution in [1.29, 1.82) is 0 Å². The second kappa shape index (κ2) is 3.64. The van der Waals surface area contributed by atoms with E-state index in [0.29, 0.717) is 11.6 Å². The zero-order valence-electron chi connectivity index (χ0n) is 7.22. The van der Waals surface area contributed by atoms with Crippen LogP contribution in [0.5, 0.6) is 0 Å². The monoisotopic (exact) mass is 234 g/mol. The maximum absolute atomic E-state index is 5.70. The standard InChI is InChI=1S/C9H15BrO2/c10-8-4-2-1-3-5-9(8)6-11-7-12-9/h8H,1-7H2. The molecule has 0 aromatic rings. The molecule has 1 aliphatic heterocycles. The average Bonchev–Trinajstić information content (AvgIpc) is 2.45. The molecule has 2 rings (SSSR count). The SMILES string of the molecule is BrC1CCCCCC12COCO2. The number of hydrogen-bond donors (Lipinski definition) is 0. The first-order valence-corrected chi connectivity index (χ1v) is 5.61. The minimum atomic E-state index is 0.0104. The van der Waals surface area contributed by atoms with E-state index in [9.17, 15) is 0 Å². The van der Waals surface area contributed by atoms with Crippen molar-refractivity contribution in [3.63, 3.8) is 0 Å². The number of ether oxygens (including phenoxy) is 2. The highest BCUT2D eigenvalue weighted by Gasteiger charge is 2.42. The highest BCUT2D eigenvalue weighted by molar-refractivity contribution is 9.09. The van der Waals surface area contributed by atoms with Crippen LogP contribution in [0.1, 0.15) is 32.1 Å². The quantitative estimate of drug-likeness (QED) is 0.600. The number of alkyl halides is 1. The fourth-order valence-corrected chi connectivity index (χ4v) is 2.90. The molecule has 1 saturated carbocycles. The van der Waals surface area contributed by atoms with Crippen molar-refractivity contribution < 1.29 is 9.47 Å². The zero-order valence-corrected chi connectivity index (χ0v) is 8.81. The molecule has 0 radical (unpaired) electrons. The molecular formula is C9H15BrO2. The molecule has 1 spiro atoms. The van der Waals surface area contributed by atoms with Crippen LogP contribution in [0.15, 0.2) is 0 Å². The third-order valence-corrected chi connectivity index (χ3v) is 4.20. The summed E-state index contributed by atoms with van der Waals surface area (Å²) in [6.45, 7) is 1.27. The Hall–Kier alpha value is 0.400. The molecule has 1 aliphatic carbocycles. The average molecular weight is 235 g/mol. The molecule has 2 unspecified atom stereocenters. The van der Waals surface area contributed by atoms with Gasteiger partial charge >= 0.3 is 0 Å². The minimum absolute atomic E-state index is 0.0104. The fraction of sp³-hybridized carbons (Fsp3) is 1.00. The first-order valence-electron chi connectivity index (χ1n) is 4.69. The van der Waals surface area contributed by atoms with Crippen molar-refractivity contribution in [1.82, 2.24) is 0 Å². The van der Waals surface area contributed by atoms with Gasteiger partial charge in [-0.15, -0.1) is 0 Å². The molecule has 0 aromatic heterocycles. The molecule has 1 heterocycles. The Bertz CT molecular complexity index is 155. The van der Waals surface area contributed by atoms with Crippen LogP contribution in [0.2, 0.25) is 0 Å². The Morgan fingerprint density at radius 3 is 2.92 bits per heavy atom. The highest BCUT2D eigenvalue weighted by atomic mass is 79.9. The van der Waals surface area contributed by atoms with Crippen LogP contribution in [0.25, 0.3) is 0 Å². The Kier molecular flexibility index (Phi) is 2.72. The Balaban J connectivity index is 2.08. The first-order chi connectivity index (χ1) is 5.83. The molecule has 0 bridgehead atoms. The van der Waals surface area contributed by atoms with Gasteiger partial charge in [-0.25, -0.2) is 0 Å². The van der Waals surface area contributed by atoms with Crippen LogP contribution in [0, 0.1) is 0 Å². The van der Waals surface area contributed by atoms with E-state index >= 15 is 0 Å². The van der Waals surface area contributed by atoms with Gasteiger partial charge in [0.2, 0.25) is 0 Å². The summed E-state index contributed by atoms with van der Waals surface area (Å²) in [5, 5.41) is 0. The van der Waals surface area contributed by atoms with E-state index in [-0.39, 0.29) is 5.60 Å². The van der Waals surface area contributed by atoms with Gasteiger partial charge in [0.15, 0.2) is 0 Å². The molecule has 3 heteroatoms. The number of hydrogen-bond acceptors (Lipinski definition) is 2. The summed E-state index contributed by atoms with van der Waals surface area (Å²) in [5.74, 6) is 0. The van der Waals surface area contributed by atoms with Crippen LogP contribution in [-0.4, -0.2) is 23.8 Å². The van der Waals surface area contributed by atoms with E-state index in [1.807, 2.05) is 0 Å². The zero-order chi connectivity index (χ0) is 8.44. The summed E-state index contributed by atoms with van der Waals surface area (Å²) in [5.41, 5.74) is 0.0104. The predicted octanol–water partition coefficient (Wildman–Crippen LogP) is 2.46. The summed E-state index contributed by atoms with van der Waals surface area (Å²) in [6.07, 6.45) is 6.33. The molecular weight excluding hydrogens is 220 g/mol. The molecule has 12 heavy (non-hydrogen) atoms. The summed E-state index contributed by atoms with van der Waals surface area (Å²) in [4.78, 5) is 0.495. The highest BCUT2D eigenvalue weighted by Crippen LogP contribution is 2.38. The minimum Gasteiger partial charge on any atom is -0.352 e. The lowest BCUT2D eigenvalue weighted by atomic mass is 9.96. The van der Waals surface area contributed by atoms with Gasteiger partial charge in [0.05, 0.1) is 6.61 Å². The Morgan fingerprint density at radius 1 is 1.25 bits per heavy atom. The van der Waals surface area contributed by atoms with E-state index in [0.717, 1.165) is 13.0 Å². The van der Waals surface area contributed by atoms with Gasteiger partial charge in [-0.1, -0.05) is 35.2 Å². The van der Waals surface area contributed by atoms with Crippen LogP contribution in [0.4, 0.5) is 0 Å². The molecule has 0 aromatic carbocycles. The van der Waals surface area contributed by atoms with E-state index in [1.54, 1.807) is 0 Å². The van der Waals surface area contributed by atoms with Crippen LogP contribution in [0.3, 0.4) is 0 Å². The predicted molar refractivity (Wildman–Crippen MR) is 50.4 cm³/mol. The molecule has 2 atom stereocenters. The second-order valence-electron chi connectivity index (χ2n) is 3.74. The van der Waals surface area contributed by atoms with Crippen molar-refractivity contribution in [2.75, 3.05) is 13.4 Å². The lowest BCUT2D eigenvalue weighted by Gasteiger charge is -2.29. The molecule has 0 N–H and O–H groups in total. The van der Waals surface area contributed by atoms with Gasteiger partial charge in [0.1, 0.15) is 12.4 Å². The molecule has 2 nitrogen and oxygen atoms in total. The topological polar surface area (TPSA) is 18.5 Å². The third-order valence-electron chi connectivity index (χ3n) is 2.90. The van der Waals surface area contributed by atoms with Gasteiger partial charge in [-0.2, -0.15) is 0 Å². The van der Waals surface area contributed by atoms with Gasteiger partial charge in [0.25, 0.3) is 0 Å². The lowest BCUT2D eigenvalue weighted by molar-refractivity contribution is -0.0123. The summed E-state index contributed by atoms with van der Waals surface area (Å²) >= 11 is 3.72. The van der Waals surface area contributed by atoms with Crippen molar-refractivity contribution in [3.05, 3.63) is 0 Å². The van der Waals surface area contributed by atoms with Crippen LogP contribution in [-0.2, 0) is 9.47 Å². The first kappa shape index (κ1) is 8.97. The van der Waals surface area contributed by atoms with Gasteiger partial charge in [0, 0.05) is 4.83 Å². The largest absolute Gasteiger partial charge is 0.352 e. The smallest absolute Gasteiger partial charge is 0.147 e. The number of rotatable bonds is 0. The molecule has 2 fully saturated rings. The maximum atomic E-state index is 5.70. The van der Waals surface area contributed by atoms with Crippen LogP contribution < -0.4 is 0 Å². The lowest BCUT2D eigenvalue weighted by Crippen LogP contribution is -2.40. The van der Waals surface area contributed by atoms with E-state index in [1.165, 1.54) is 25.7 Å². The Labute approximate surface area is 81.7 Å². The Morgan fingerprint density at radius 2 is 2.17 bits per heavy atom. The van der Waals surface area contributed by atoms with Gasteiger partial charge in [-0.3, -0.25) is 0 Å². The van der Waals surface area contributed by atoms with E-state index in [4.69, 9.17) is 9.47 Å². The summed E-state index contributed by atoms with van der Waals surface area (Å²) in [7, 11) is 0. The van der Waals surface area contributed by atoms with Crippen molar-refractivity contribution in [2.24, 2.45) is 0 Å². The fourth-order valence-electron chi connectivity index (χ4n) is 2.08. The second-order valence-corrected chi connectivity index (χ2v) is 4.85. The van der Waals surface area contributed by atoms with Crippen LogP contribution >= 0.6 is 15.9 Å². The molecule has 1 saturated heterocycles. The molecule has 2 aliphatic rings. The molecule has 70 valence electrons. The third kappa shape index (κ3) is 1.54. The normalized spacial score (nSPS) is 43.2. The van der Waals surface area contributed by atoms with Crippen molar-refractivity contribution in [3.8, 4) is 0 Å². The summed E-state index contributed by atoms with van der Waals surface area (Å²) in [6, 6.07) is 0. The van der Waals surface area contributed by atoms with Crippen molar-refractivity contribution in [2.45, 2.75) is 42.5 Å². The van der Waals surface area contributed by atoms with E-state index in [2.05, 4.69) is 15.9 Å². The van der Waals surface area contributed by atoms with Gasteiger partial charge in [-0.05, 0) is 12.8 Å².